The van der Waals surface area contributed by atoms with E-state index in [4.69, 9.17) is 0 Å². The topological polar surface area (TPSA) is 83.6 Å². The molecule has 1 aliphatic carbocycles. The third-order valence-electron chi connectivity index (χ3n) is 7.43. The summed E-state index contributed by atoms with van der Waals surface area (Å²) in [4.78, 5) is 28.3. The smallest absolute Gasteiger partial charge is 0.251 e. The Morgan fingerprint density at radius 2 is 1.73 bits per heavy atom. The lowest BCUT2D eigenvalue weighted by Gasteiger charge is -2.34. The van der Waals surface area contributed by atoms with E-state index in [1.54, 1.807) is 11.0 Å². The number of nitrogens with one attached hydrogen (secondary N) is 1. The Morgan fingerprint density at radius 1 is 1.03 bits per heavy atom. The third-order valence-corrected chi connectivity index (χ3v) is 9.09. The molecule has 3 aliphatic rings. The fourth-order valence-corrected chi connectivity index (χ4v) is 6.65. The zero-order chi connectivity index (χ0) is 23.6. The molecule has 1 saturated heterocycles. The van der Waals surface area contributed by atoms with E-state index in [0.29, 0.717) is 24.3 Å². The quantitative estimate of drug-likeness (QED) is 0.731. The molecule has 33 heavy (non-hydrogen) atoms. The Balaban J connectivity index is 1.44. The molecule has 1 saturated carbocycles. The van der Waals surface area contributed by atoms with Gasteiger partial charge in [0.1, 0.15) is 9.84 Å². The van der Waals surface area contributed by atoms with Gasteiger partial charge in [0, 0.05) is 16.8 Å². The van der Waals surface area contributed by atoms with Crippen molar-refractivity contribution < 1.29 is 18.0 Å². The second kappa shape index (κ2) is 7.42. The zero-order valence-electron chi connectivity index (χ0n) is 19.3. The summed E-state index contributed by atoms with van der Waals surface area (Å²) in [6, 6.07) is 13.6. The lowest BCUT2D eigenvalue weighted by Crippen LogP contribution is -2.50. The molecule has 0 bridgehead atoms. The van der Waals surface area contributed by atoms with Gasteiger partial charge < -0.3 is 5.32 Å². The van der Waals surface area contributed by atoms with E-state index in [2.05, 4.69) is 17.4 Å². The summed E-state index contributed by atoms with van der Waals surface area (Å²) in [6.07, 6.45) is 3.20. The fraction of sp³-hybridized carbons (Fsp3) is 0.462. The van der Waals surface area contributed by atoms with Crippen molar-refractivity contribution in [2.75, 3.05) is 16.4 Å². The first-order valence-electron chi connectivity index (χ1n) is 11.6. The van der Waals surface area contributed by atoms with Crippen molar-refractivity contribution in [1.29, 1.82) is 0 Å². The van der Waals surface area contributed by atoms with E-state index in [-0.39, 0.29) is 23.3 Å². The van der Waals surface area contributed by atoms with Gasteiger partial charge in [-0.1, -0.05) is 12.1 Å². The SMILES string of the molecule is CC1(NC(=O)c2ccc3c(c2)C(C)(C)C(=O)N3c2cccc(C3CC3)c2)CCS(=O)(=O)CC1. The molecule has 1 N–H and O–H groups in total. The van der Waals surface area contributed by atoms with E-state index < -0.39 is 20.8 Å². The number of hydrogen-bond acceptors (Lipinski definition) is 4. The van der Waals surface area contributed by atoms with Crippen molar-refractivity contribution >= 4 is 33.0 Å². The van der Waals surface area contributed by atoms with E-state index in [9.17, 15) is 18.0 Å². The molecule has 2 heterocycles. The maximum absolute atomic E-state index is 13.5. The predicted octanol–water partition coefficient (Wildman–Crippen LogP) is 4.22. The van der Waals surface area contributed by atoms with E-state index in [0.717, 1.165) is 16.9 Å². The molecule has 174 valence electrons. The van der Waals surface area contributed by atoms with Gasteiger partial charge in [-0.15, -0.1) is 0 Å². The minimum absolute atomic E-state index is 0.00699. The Labute approximate surface area is 195 Å². The van der Waals surface area contributed by atoms with Crippen LogP contribution in [0.1, 0.15) is 73.9 Å². The number of anilines is 2. The van der Waals surface area contributed by atoms with Crippen LogP contribution in [0, 0.1) is 0 Å². The third kappa shape index (κ3) is 3.97. The summed E-state index contributed by atoms with van der Waals surface area (Å²) in [5.74, 6) is 0.524. The van der Waals surface area contributed by atoms with Crippen LogP contribution in [0.4, 0.5) is 11.4 Å². The van der Waals surface area contributed by atoms with Crippen LogP contribution in [-0.4, -0.2) is 37.3 Å². The molecule has 7 heteroatoms. The first-order valence-corrected chi connectivity index (χ1v) is 13.4. The number of carbonyl (C=O) groups excluding carboxylic acids is 2. The van der Waals surface area contributed by atoms with Crippen LogP contribution in [-0.2, 0) is 20.0 Å². The summed E-state index contributed by atoms with van der Waals surface area (Å²) in [6.45, 7) is 5.69. The zero-order valence-corrected chi connectivity index (χ0v) is 20.2. The number of nitrogens with zero attached hydrogens (tertiary/aromatic N) is 1. The number of carbonyl (C=O) groups is 2. The normalized spacial score (nSPS) is 22.6. The Bertz CT molecular complexity index is 1250. The molecule has 2 amide bonds. The maximum atomic E-state index is 13.5. The summed E-state index contributed by atoms with van der Waals surface area (Å²) < 4.78 is 23.6. The second-order valence-electron chi connectivity index (χ2n) is 10.5. The number of benzene rings is 2. The molecular formula is C26H30N2O4S. The number of fused-ring (bicyclic) bond motifs is 1. The van der Waals surface area contributed by atoms with E-state index >= 15 is 0 Å². The molecule has 6 nitrogen and oxygen atoms in total. The maximum Gasteiger partial charge on any atom is 0.251 e. The predicted molar refractivity (Wildman–Crippen MR) is 129 cm³/mol. The summed E-state index contributed by atoms with van der Waals surface area (Å²) >= 11 is 0. The van der Waals surface area contributed by atoms with Crippen molar-refractivity contribution in [3.63, 3.8) is 0 Å². The van der Waals surface area contributed by atoms with Crippen LogP contribution in [0.2, 0.25) is 0 Å². The van der Waals surface area contributed by atoms with Crippen molar-refractivity contribution in [3.8, 4) is 0 Å². The Morgan fingerprint density at radius 3 is 2.39 bits per heavy atom. The van der Waals surface area contributed by atoms with Crippen LogP contribution in [0.15, 0.2) is 42.5 Å². The Kier molecular flexibility index (Phi) is 4.98. The van der Waals surface area contributed by atoms with E-state index in [1.165, 1.54) is 18.4 Å². The molecule has 0 aromatic heterocycles. The van der Waals surface area contributed by atoms with Gasteiger partial charge in [0.05, 0.1) is 22.6 Å². The first-order chi connectivity index (χ1) is 15.5. The monoisotopic (exact) mass is 466 g/mol. The van der Waals surface area contributed by atoms with Crippen LogP contribution in [0.25, 0.3) is 0 Å². The molecule has 2 aromatic carbocycles. The molecular weight excluding hydrogens is 436 g/mol. The Hall–Kier alpha value is -2.67. The highest BCUT2D eigenvalue weighted by molar-refractivity contribution is 7.91. The lowest BCUT2D eigenvalue weighted by molar-refractivity contribution is -0.121. The van der Waals surface area contributed by atoms with Crippen molar-refractivity contribution in [3.05, 3.63) is 59.2 Å². The summed E-state index contributed by atoms with van der Waals surface area (Å²) in [5.41, 5.74) is 2.94. The molecule has 0 spiro atoms. The minimum atomic E-state index is -3.02. The van der Waals surface area contributed by atoms with Gasteiger partial charge in [0.2, 0.25) is 5.91 Å². The van der Waals surface area contributed by atoms with Crippen molar-refractivity contribution in [2.45, 2.75) is 63.3 Å². The number of hydrogen-bond donors (Lipinski definition) is 1. The highest BCUT2D eigenvalue weighted by Crippen LogP contribution is 2.47. The fourth-order valence-electron chi connectivity index (χ4n) is 4.93. The summed E-state index contributed by atoms with van der Waals surface area (Å²) in [7, 11) is -3.02. The van der Waals surface area contributed by atoms with Crippen LogP contribution in [0.3, 0.4) is 0 Å². The van der Waals surface area contributed by atoms with Crippen LogP contribution in [0.5, 0.6) is 0 Å². The second-order valence-corrected chi connectivity index (χ2v) is 12.8. The molecule has 5 rings (SSSR count). The van der Waals surface area contributed by atoms with Gasteiger partial charge in [-0.3, -0.25) is 14.5 Å². The molecule has 0 unspecified atom stereocenters. The number of amides is 2. The largest absolute Gasteiger partial charge is 0.347 e. The van der Waals surface area contributed by atoms with Crippen LogP contribution < -0.4 is 10.2 Å². The summed E-state index contributed by atoms with van der Waals surface area (Å²) in [5, 5.41) is 3.05. The highest BCUT2D eigenvalue weighted by Gasteiger charge is 2.45. The standard InChI is InChI=1S/C26H30N2O4S/c1-25(2)21-16-19(23(29)27-26(3)11-13-33(31,32)14-12-26)9-10-22(21)28(24(25)30)20-6-4-5-18(15-20)17-7-8-17/h4-6,9-10,15-17H,7-8,11-14H2,1-3H3,(H,27,29). The van der Waals surface area contributed by atoms with Crippen molar-refractivity contribution in [2.24, 2.45) is 0 Å². The van der Waals surface area contributed by atoms with Gasteiger partial charge in [-0.25, -0.2) is 8.42 Å². The molecule has 2 fully saturated rings. The van der Waals surface area contributed by atoms with Gasteiger partial charge >= 0.3 is 0 Å². The van der Waals surface area contributed by atoms with E-state index in [1.807, 2.05) is 45.0 Å². The molecule has 2 aromatic rings. The molecule has 2 aliphatic heterocycles. The van der Waals surface area contributed by atoms with Gasteiger partial charge in [-0.05, 0) is 93.8 Å². The molecule has 0 atom stereocenters. The highest BCUT2D eigenvalue weighted by atomic mass is 32.2. The number of sulfone groups is 1. The molecule has 0 radical (unpaired) electrons. The average Bonchev–Trinajstić information content (AvgIpc) is 3.59. The van der Waals surface area contributed by atoms with Gasteiger partial charge in [0.25, 0.3) is 5.91 Å². The van der Waals surface area contributed by atoms with Gasteiger partial charge in [-0.2, -0.15) is 0 Å². The average molecular weight is 467 g/mol. The van der Waals surface area contributed by atoms with Gasteiger partial charge in [0.15, 0.2) is 0 Å². The minimum Gasteiger partial charge on any atom is -0.347 e. The van der Waals surface area contributed by atoms with Crippen LogP contribution >= 0.6 is 0 Å². The number of rotatable bonds is 4. The lowest BCUT2D eigenvalue weighted by atomic mass is 9.85. The first kappa shape index (κ1) is 22.1. The van der Waals surface area contributed by atoms with Crippen molar-refractivity contribution in [1.82, 2.24) is 5.32 Å².